The Labute approximate surface area is 116 Å². The molecule has 104 valence electrons. The maximum absolute atomic E-state index is 12.1. The Kier molecular flexibility index (Phi) is 4.23. The molecule has 0 spiro atoms. The molecule has 0 unspecified atom stereocenters. The highest BCUT2D eigenvalue weighted by molar-refractivity contribution is 7.92. The number of aromatic nitrogens is 2. The summed E-state index contributed by atoms with van der Waals surface area (Å²) in [5.74, 6) is 0. The molecule has 0 amide bonds. The number of rotatable bonds is 6. The predicted octanol–water partition coefficient (Wildman–Crippen LogP) is 1.39. The molecule has 0 aliphatic carbocycles. The van der Waals surface area contributed by atoms with Crippen LogP contribution in [0.15, 0.2) is 28.7 Å². The minimum Gasteiger partial charge on any atom is -0.312 e. The van der Waals surface area contributed by atoms with Crippen LogP contribution >= 0.6 is 11.3 Å². The second-order valence-electron chi connectivity index (χ2n) is 4.04. The largest absolute Gasteiger partial charge is 0.312 e. The average molecular weight is 300 g/mol. The van der Waals surface area contributed by atoms with Gasteiger partial charge >= 0.3 is 0 Å². The van der Waals surface area contributed by atoms with Crippen molar-refractivity contribution >= 4 is 27.0 Å². The van der Waals surface area contributed by atoms with E-state index in [2.05, 4.69) is 15.1 Å². The zero-order valence-electron chi connectivity index (χ0n) is 10.8. The molecule has 2 aromatic heterocycles. The van der Waals surface area contributed by atoms with Crippen molar-refractivity contribution in [3.63, 3.8) is 0 Å². The van der Waals surface area contributed by atoms with E-state index in [1.54, 1.807) is 29.4 Å². The Bertz CT molecular complexity index is 645. The number of hydrogen-bond acceptors (Lipinski definition) is 5. The van der Waals surface area contributed by atoms with E-state index in [4.69, 9.17) is 0 Å². The summed E-state index contributed by atoms with van der Waals surface area (Å²) in [6.07, 6.45) is 3.09. The third-order valence-corrected chi connectivity index (χ3v) is 4.89. The van der Waals surface area contributed by atoms with Gasteiger partial charge in [-0.3, -0.25) is 9.40 Å². The fourth-order valence-electron chi connectivity index (χ4n) is 1.53. The SMILES string of the molecule is CCNCc1cc(S(=O)(=O)Nc2cnn(C)c2)cs1. The summed E-state index contributed by atoms with van der Waals surface area (Å²) in [5, 5.41) is 8.73. The van der Waals surface area contributed by atoms with Crippen molar-refractivity contribution < 1.29 is 8.42 Å². The van der Waals surface area contributed by atoms with E-state index < -0.39 is 10.0 Å². The van der Waals surface area contributed by atoms with Crippen LogP contribution < -0.4 is 10.0 Å². The summed E-state index contributed by atoms with van der Waals surface area (Å²) in [4.78, 5) is 1.28. The first-order valence-corrected chi connectivity index (χ1v) is 8.17. The van der Waals surface area contributed by atoms with Crippen LogP contribution in [0, 0.1) is 0 Å². The summed E-state index contributed by atoms with van der Waals surface area (Å²) < 4.78 is 28.3. The van der Waals surface area contributed by atoms with Gasteiger partial charge in [0.05, 0.1) is 16.8 Å². The lowest BCUT2D eigenvalue weighted by molar-refractivity contribution is 0.601. The Morgan fingerprint density at radius 2 is 2.26 bits per heavy atom. The lowest BCUT2D eigenvalue weighted by Gasteiger charge is -2.02. The number of aryl methyl sites for hydroxylation is 1. The lowest BCUT2D eigenvalue weighted by atomic mass is 10.4. The van der Waals surface area contributed by atoms with Gasteiger partial charge in [-0.25, -0.2) is 8.42 Å². The molecule has 2 rings (SSSR count). The van der Waals surface area contributed by atoms with Gasteiger partial charge in [0.15, 0.2) is 0 Å². The van der Waals surface area contributed by atoms with E-state index in [0.717, 1.165) is 11.4 Å². The minimum absolute atomic E-state index is 0.286. The third-order valence-electron chi connectivity index (χ3n) is 2.45. The topological polar surface area (TPSA) is 76.0 Å². The second kappa shape index (κ2) is 5.72. The van der Waals surface area contributed by atoms with Crippen LogP contribution in [0.2, 0.25) is 0 Å². The smallest absolute Gasteiger partial charge is 0.262 e. The van der Waals surface area contributed by atoms with E-state index in [9.17, 15) is 8.42 Å². The maximum atomic E-state index is 12.1. The van der Waals surface area contributed by atoms with Crippen LogP contribution in [-0.4, -0.2) is 24.7 Å². The molecule has 0 atom stereocenters. The normalized spacial score (nSPS) is 11.7. The summed E-state index contributed by atoms with van der Waals surface area (Å²) in [5.41, 5.74) is 0.460. The number of sulfonamides is 1. The quantitative estimate of drug-likeness (QED) is 0.845. The molecule has 2 heterocycles. The van der Waals surface area contributed by atoms with Crippen molar-refractivity contribution in [3.05, 3.63) is 28.7 Å². The van der Waals surface area contributed by atoms with Gasteiger partial charge in [-0.1, -0.05) is 6.92 Å². The molecule has 6 nitrogen and oxygen atoms in total. The fourth-order valence-corrected chi connectivity index (χ4v) is 3.80. The molecule has 2 N–H and O–H groups in total. The number of thiophene rings is 1. The maximum Gasteiger partial charge on any atom is 0.262 e. The molecule has 0 aliphatic heterocycles. The van der Waals surface area contributed by atoms with Crippen LogP contribution in [0.1, 0.15) is 11.8 Å². The summed E-state index contributed by atoms with van der Waals surface area (Å²) in [6, 6.07) is 1.69. The van der Waals surface area contributed by atoms with Crippen molar-refractivity contribution in [1.82, 2.24) is 15.1 Å². The first-order valence-electron chi connectivity index (χ1n) is 5.81. The molecule has 0 radical (unpaired) electrons. The fraction of sp³-hybridized carbons (Fsp3) is 0.364. The molecule has 0 bridgehead atoms. The third kappa shape index (κ3) is 3.55. The summed E-state index contributed by atoms with van der Waals surface area (Å²) >= 11 is 1.43. The zero-order valence-corrected chi connectivity index (χ0v) is 12.4. The van der Waals surface area contributed by atoms with Gasteiger partial charge in [0, 0.05) is 30.0 Å². The van der Waals surface area contributed by atoms with E-state index in [1.165, 1.54) is 17.5 Å². The van der Waals surface area contributed by atoms with Gasteiger partial charge in [-0.2, -0.15) is 5.10 Å². The highest BCUT2D eigenvalue weighted by atomic mass is 32.2. The first-order chi connectivity index (χ1) is 9.01. The van der Waals surface area contributed by atoms with E-state index in [1.807, 2.05) is 6.92 Å². The van der Waals surface area contributed by atoms with Gasteiger partial charge < -0.3 is 5.32 Å². The van der Waals surface area contributed by atoms with Crippen LogP contribution in [0.5, 0.6) is 0 Å². The molecule has 19 heavy (non-hydrogen) atoms. The number of hydrogen-bond donors (Lipinski definition) is 2. The molecular weight excluding hydrogens is 284 g/mol. The molecule has 0 aromatic carbocycles. The molecule has 0 saturated heterocycles. The van der Waals surface area contributed by atoms with Crippen molar-refractivity contribution in [2.45, 2.75) is 18.4 Å². The highest BCUT2D eigenvalue weighted by Crippen LogP contribution is 2.21. The van der Waals surface area contributed by atoms with Crippen molar-refractivity contribution in [3.8, 4) is 0 Å². The molecule has 2 aromatic rings. The molecule has 0 aliphatic rings. The van der Waals surface area contributed by atoms with E-state index in [0.29, 0.717) is 12.2 Å². The Morgan fingerprint density at radius 3 is 2.89 bits per heavy atom. The van der Waals surface area contributed by atoms with Gasteiger partial charge in [0.1, 0.15) is 0 Å². The van der Waals surface area contributed by atoms with E-state index >= 15 is 0 Å². The lowest BCUT2D eigenvalue weighted by Crippen LogP contribution is -2.12. The summed E-state index contributed by atoms with van der Waals surface area (Å²) in [7, 11) is -1.79. The highest BCUT2D eigenvalue weighted by Gasteiger charge is 2.16. The van der Waals surface area contributed by atoms with Gasteiger partial charge in [0.25, 0.3) is 10.0 Å². The Morgan fingerprint density at radius 1 is 1.47 bits per heavy atom. The average Bonchev–Trinajstić information content (AvgIpc) is 2.95. The van der Waals surface area contributed by atoms with Crippen molar-refractivity contribution in [1.29, 1.82) is 0 Å². The monoisotopic (exact) mass is 300 g/mol. The molecular formula is C11H16N4O2S2. The first kappa shape index (κ1) is 14.0. The second-order valence-corrected chi connectivity index (χ2v) is 6.72. The Hall–Kier alpha value is -1.38. The number of anilines is 1. The Balaban J connectivity index is 2.13. The zero-order chi connectivity index (χ0) is 13.9. The van der Waals surface area contributed by atoms with Gasteiger partial charge in [-0.05, 0) is 12.6 Å². The van der Waals surface area contributed by atoms with Crippen LogP contribution in [-0.2, 0) is 23.6 Å². The van der Waals surface area contributed by atoms with Crippen LogP contribution in [0.4, 0.5) is 5.69 Å². The van der Waals surface area contributed by atoms with E-state index in [-0.39, 0.29) is 4.90 Å². The van der Waals surface area contributed by atoms with Crippen molar-refractivity contribution in [2.75, 3.05) is 11.3 Å². The van der Waals surface area contributed by atoms with Gasteiger partial charge in [-0.15, -0.1) is 11.3 Å². The van der Waals surface area contributed by atoms with Gasteiger partial charge in [0.2, 0.25) is 0 Å². The van der Waals surface area contributed by atoms with Crippen molar-refractivity contribution in [2.24, 2.45) is 7.05 Å². The number of nitrogens with zero attached hydrogens (tertiary/aromatic N) is 2. The summed E-state index contributed by atoms with van der Waals surface area (Å²) in [6.45, 7) is 3.55. The standard InChI is InChI=1S/C11H16N4O2S2/c1-3-12-6-10-4-11(8-18-10)19(16,17)14-9-5-13-15(2)7-9/h4-5,7-8,12,14H,3,6H2,1-2H3. The molecule has 0 fully saturated rings. The van der Waals surface area contributed by atoms with Crippen LogP contribution in [0.25, 0.3) is 0 Å². The molecule has 8 heteroatoms. The number of nitrogens with one attached hydrogen (secondary N) is 2. The predicted molar refractivity (Wildman–Crippen MR) is 75.7 cm³/mol. The minimum atomic E-state index is -3.52. The molecule has 0 saturated carbocycles. The van der Waals surface area contributed by atoms with Crippen LogP contribution in [0.3, 0.4) is 0 Å².